The molecule has 1 unspecified atom stereocenters. The van der Waals surface area contributed by atoms with Crippen molar-refractivity contribution in [3.8, 4) is 0 Å². The number of guanidine groups is 1. The van der Waals surface area contributed by atoms with Crippen molar-refractivity contribution in [2.75, 3.05) is 0 Å². The Labute approximate surface area is 124 Å². The fraction of sp³-hybridized carbons (Fsp3) is 0.562. The molecule has 20 heavy (non-hydrogen) atoms. The molecule has 1 heterocycles. The molecule has 4 heteroatoms. The average Bonchev–Trinajstić information content (AvgIpc) is 2.42. The predicted octanol–water partition coefficient (Wildman–Crippen LogP) is 3.94. The molecular weight excluding hydrogens is 262 g/mol. The van der Waals surface area contributed by atoms with E-state index in [9.17, 15) is 0 Å². The molecule has 1 aliphatic rings. The fourth-order valence-corrected chi connectivity index (χ4v) is 5.10. The Bertz CT molecular complexity index is 403. The van der Waals surface area contributed by atoms with Gasteiger partial charge in [-0.05, 0) is 11.1 Å². The Hall–Kier alpha value is -1.29. The van der Waals surface area contributed by atoms with Crippen molar-refractivity contribution in [3.05, 3.63) is 35.9 Å². The maximum absolute atomic E-state index is 6.91. The summed E-state index contributed by atoms with van der Waals surface area (Å²) in [4.78, 5) is 0. The van der Waals surface area contributed by atoms with Crippen LogP contribution < -0.4 is 11.1 Å². The second-order valence-electron chi connectivity index (χ2n) is 6.39. The summed E-state index contributed by atoms with van der Waals surface area (Å²) in [6.07, 6.45) is 4.53. The van der Waals surface area contributed by atoms with E-state index < -0.39 is 8.07 Å². The van der Waals surface area contributed by atoms with Crippen LogP contribution in [-0.2, 0) is 6.54 Å². The highest BCUT2D eigenvalue weighted by Crippen LogP contribution is 2.36. The topological polar surface area (TPSA) is 61.9 Å². The van der Waals surface area contributed by atoms with Gasteiger partial charge in [-0.2, -0.15) is 0 Å². The van der Waals surface area contributed by atoms with Crippen LogP contribution in [0.5, 0.6) is 0 Å². The van der Waals surface area contributed by atoms with Gasteiger partial charge in [-0.3, -0.25) is 5.41 Å². The zero-order valence-corrected chi connectivity index (χ0v) is 14.1. The molecule has 1 aromatic carbocycles. The Morgan fingerprint density at radius 1 is 1.30 bits per heavy atom. The highest BCUT2D eigenvalue weighted by atomic mass is 28.3. The lowest BCUT2D eigenvalue weighted by Crippen LogP contribution is -2.33. The molecule has 0 amide bonds. The summed E-state index contributed by atoms with van der Waals surface area (Å²) in [7, 11) is -0.694. The van der Waals surface area contributed by atoms with Crippen LogP contribution in [0.15, 0.2) is 30.3 Å². The molecular formula is C16H29N3Si. The second kappa shape index (κ2) is 8.10. The quantitative estimate of drug-likeness (QED) is 0.439. The summed E-state index contributed by atoms with van der Waals surface area (Å²) in [5.41, 5.74) is 7.33. The van der Waals surface area contributed by atoms with Crippen molar-refractivity contribution in [3.63, 3.8) is 0 Å². The van der Waals surface area contributed by atoms with Crippen LogP contribution in [0.1, 0.15) is 31.7 Å². The summed E-state index contributed by atoms with van der Waals surface area (Å²) >= 11 is 0. The van der Waals surface area contributed by atoms with Gasteiger partial charge in [0.2, 0.25) is 0 Å². The van der Waals surface area contributed by atoms with Gasteiger partial charge < -0.3 is 11.1 Å². The van der Waals surface area contributed by atoms with Crippen LogP contribution in [0, 0.1) is 5.41 Å². The van der Waals surface area contributed by atoms with Crippen molar-refractivity contribution in [2.45, 2.75) is 57.4 Å². The zero-order chi connectivity index (χ0) is 15.0. The Kier molecular flexibility index (Phi) is 6.79. The van der Waals surface area contributed by atoms with E-state index in [-0.39, 0.29) is 5.96 Å². The van der Waals surface area contributed by atoms with Gasteiger partial charge in [-0.15, -0.1) is 0 Å². The molecule has 4 N–H and O–H groups in total. The molecule has 0 radical (unpaired) electrons. The predicted molar refractivity (Wildman–Crippen MR) is 90.8 cm³/mol. The molecule has 3 nitrogen and oxygen atoms in total. The van der Waals surface area contributed by atoms with Crippen LogP contribution >= 0.6 is 0 Å². The molecule has 1 fully saturated rings. The minimum absolute atomic E-state index is 0.00820. The Morgan fingerprint density at radius 2 is 1.95 bits per heavy atom. The van der Waals surface area contributed by atoms with E-state index in [0.29, 0.717) is 6.54 Å². The van der Waals surface area contributed by atoms with Gasteiger partial charge in [-0.25, -0.2) is 0 Å². The SMILES string of the molecule is CC1CCCC[Si]1(C)C.N=C(N)NCc1ccccc1. The van der Waals surface area contributed by atoms with Gasteiger partial charge in [0.25, 0.3) is 0 Å². The van der Waals surface area contributed by atoms with E-state index in [4.69, 9.17) is 11.1 Å². The van der Waals surface area contributed by atoms with E-state index in [2.05, 4.69) is 25.3 Å². The molecule has 0 saturated carbocycles. The van der Waals surface area contributed by atoms with Gasteiger partial charge >= 0.3 is 0 Å². The van der Waals surface area contributed by atoms with E-state index in [1.54, 1.807) is 6.04 Å². The summed E-state index contributed by atoms with van der Waals surface area (Å²) in [6, 6.07) is 11.4. The van der Waals surface area contributed by atoms with Gasteiger partial charge in [0.15, 0.2) is 5.96 Å². The van der Waals surface area contributed by atoms with Crippen molar-refractivity contribution in [1.29, 1.82) is 5.41 Å². The maximum atomic E-state index is 6.91. The first-order valence-corrected chi connectivity index (χ1v) is 10.8. The van der Waals surface area contributed by atoms with Crippen molar-refractivity contribution >= 4 is 14.0 Å². The van der Waals surface area contributed by atoms with E-state index in [1.807, 2.05) is 30.3 Å². The molecule has 1 aromatic rings. The second-order valence-corrected chi connectivity index (χ2v) is 11.9. The lowest BCUT2D eigenvalue weighted by molar-refractivity contribution is 0.635. The smallest absolute Gasteiger partial charge is 0.185 e. The van der Waals surface area contributed by atoms with Crippen LogP contribution in [0.3, 0.4) is 0 Å². The van der Waals surface area contributed by atoms with Crippen LogP contribution in [0.2, 0.25) is 24.7 Å². The van der Waals surface area contributed by atoms with Gasteiger partial charge in [0.05, 0.1) is 8.07 Å². The lowest BCUT2D eigenvalue weighted by atomic mass is 10.2. The lowest BCUT2D eigenvalue weighted by Gasteiger charge is -2.34. The molecule has 1 aliphatic heterocycles. The Balaban J connectivity index is 0.000000204. The molecule has 0 spiro atoms. The van der Waals surface area contributed by atoms with Gasteiger partial charge in [0, 0.05) is 6.54 Å². The average molecular weight is 292 g/mol. The van der Waals surface area contributed by atoms with Crippen molar-refractivity contribution in [2.24, 2.45) is 5.73 Å². The van der Waals surface area contributed by atoms with Crippen LogP contribution in [-0.4, -0.2) is 14.0 Å². The van der Waals surface area contributed by atoms with E-state index >= 15 is 0 Å². The third kappa shape index (κ3) is 6.24. The third-order valence-corrected chi connectivity index (χ3v) is 8.97. The van der Waals surface area contributed by atoms with Crippen LogP contribution in [0.25, 0.3) is 0 Å². The summed E-state index contributed by atoms with van der Waals surface area (Å²) < 4.78 is 0. The minimum atomic E-state index is -0.694. The highest BCUT2D eigenvalue weighted by Gasteiger charge is 2.30. The van der Waals surface area contributed by atoms with Crippen molar-refractivity contribution in [1.82, 2.24) is 5.32 Å². The number of rotatable bonds is 2. The Morgan fingerprint density at radius 3 is 2.40 bits per heavy atom. The molecule has 112 valence electrons. The minimum Gasteiger partial charge on any atom is -0.370 e. The molecule has 0 bridgehead atoms. The number of benzene rings is 1. The first-order valence-electron chi connectivity index (χ1n) is 7.53. The van der Waals surface area contributed by atoms with Crippen molar-refractivity contribution < 1.29 is 0 Å². The van der Waals surface area contributed by atoms with E-state index in [1.165, 1.54) is 19.3 Å². The largest absolute Gasteiger partial charge is 0.370 e. The highest BCUT2D eigenvalue weighted by molar-refractivity contribution is 6.78. The summed E-state index contributed by atoms with van der Waals surface area (Å²) in [5.74, 6) is 0.00820. The van der Waals surface area contributed by atoms with Crippen LogP contribution in [0.4, 0.5) is 0 Å². The molecule has 2 rings (SSSR count). The number of nitrogens with one attached hydrogen (secondary N) is 2. The number of hydrogen-bond donors (Lipinski definition) is 3. The number of nitrogens with two attached hydrogens (primary N) is 1. The monoisotopic (exact) mass is 291 g/mol. The molecule has 0 aromatic heterocycles. The molecule has 1 saturated heterocycles. The zero-order valence-electron chi connectivity index (χ0n) is 13.1. The first-order chi connectivity index (χ1) is 9.42. The standard InChI is InChI=1S/C8H11N3.C8H18Si/c9-8(10)11-6-7-4-2-1-3-5-7;1-8-6-4-5-7-9(8,2)3/h1-5H,6H2,(H4,9,10,11);8H,4-7H2,1-3H3. The van der Waals surface area contributed by atoms with Gasteiger partial charge in [-0.1, -0.05) is 75.7 Å². The summed E-state index contributed by atoms with van der Waals surface area (Å²) in [5, 5.41) is 9.63. The fourth-order valence-electron chi connectivity index (χ4n) is 2.46. The number of hydrogen-bond acceptors (Lipinski definition) is 1. The van der Waals surface area contributed by atoms with Gasteiger partial charge in [0.1, 0.15) is 0 Å². The summed E-state index contributed by atoms with van der Waals surface area (Å²) in [6.45, 7) is 8.15. The molecule has 0 aliphatic carbocycles. The normalized spacial score (nSPS) is 20.4. The van der Waals surface area contributed by atoms with E-state index in [0.717, 1.165) is 11.1 Å². The molecule has 1 atom stereocenters. The third-order valence-electron chi connectivity index (χ3n) is 4.37. The maximum Gasteiger partial charge on any atom is 0.185 e. The first kappa shape index (κ1) is 16.8.